The molecule has 2 N–H and O–H groups in total. The van der Waals surface area contributed by atoms with Crippen molar-refractivity contribution in [2.24, 2.45) is 5.92 Å². The van der Waals surface area contributed by atoms with Gasteiger partial charge in [0.25, 0.3) is 0 Å². The fraction of sp³-hybridized carbons (Fsp3) is 0.308. The number of benzene rings is 1. The summed E-state index contributed by atoms with van der Waals surface area (Å²) in [5, 5.41) is 11.1. The zero-order valence-corrected chi connectivity index (χ0v) is 11.2. The Morgan fingerprint density at radius 1 is 1.50 bits per heavy atom. The first-order valence-corrected chi connectivity index (χ1v) is 7.19. The van der Waals surface area contributed by atoms with Gasteiger partial charge in [-0.05, 0) is 17.7 Å². The number of aliphatic hydroxyl groups is 1. The van der Waals surface area contributed by atoms with Crippen molar-refractivity contribution in [3.8, 4) is 0 Å². The summed E-state index contributed by atoms with van der Waals surface area (Å²) in [6.07, 6.45) is 3.88. The molecule has 0 bridgehead atoms. The van der Waals surface area contributed by atoms with Gasteiger partial charge in [0.05, 0.1) is 6.10 Å². The van der Waals surface area contributed by atoms with Gasteiger partial charge in [0.15, 0.2) is 0 Å². The van der Waals surface area contributed by atoms with E-state index in [1.54, 1.807) is 18.0 Å². The molecule has 1 aliphatic rings. The summed E-state index contributed by atoms with van der Waals surface area (Å²) < 4.78 is 0. The van der Waals surface area contributed by atoms with Gasteiger partial charge in [0.2, 0.25) is 0 Å². The van der Waals surface area contributed by atoms with Crippen LogP contribution in [0.3, 0.4) is 0 Å². The van der Waals surface area contributed by atoms with E-state index >= 15 is 0 Å². The normalized spacial score (nSPS) is 22.8. The molecule has 0 aliphatic carbocycles. The summed E-state index contributed by atoms with van der Waals surface area (Å²) in [7, 11) is 0. The number of nitrogens with zero attached hydrogens (tertiary/aromatic N) is 1. The molecular formula is C13H13ClN2OS. The summed E-state index contributed by atoms with van der Waals surface area (Å²) in [6.45, 7) is 0. The Bertz CT molecular complexity index is 544. The molecule has 0 spiro atoms. The van der Waals surface area contributed by atoms with Crippen molar-refractivity contribution in [1.82, 2.24) is 9.97 Å². The van der Waals surface area contributed by atoms with Crippen LogP contribution in [0, 0.1) is 5.92 Å². The molecule has 3 rings (SSSR count). The Hall–Kier alpha value is -0.970. The average molecular weight is 281 g/mol. The number of fused-ring (bicyclic) bond motifs is 1. The van der Waals surface area contributed by atoms with Gasteiger partial charge >= 0.3 is 0 Å². The smallest absolute Gasteiger partial charge is 0.106 e. The van der Waals surface area contributed by atoms with E-state index in [1.165, 1.54) is 0 Å². The summed E-state index contributed by atoms with van der Waals surface area (Å²) in [6, 6.07) is 5.68. The maximum Gasteiger partial charge on any atom is 0.106 e. The second-order valence-electron chi connectivity index (χ2n) is 4.44. The Morgan fingerprint density at radius 2 is 2.39 bits per heavy atom. The van der Waals surface area contributed by atoms with E-state index in [9.17, 15) is 5.11 Å². The zero-order valence-electron chi connectivity index (χ0n) is 9.64. The van der Waals surface area contributed by atoms with E-state index in [1.807, 2.05) is 24.4 Å². The number of aromatic nitrogens is 2. The van der Waals surface area contributed by atoms with Crippen molar-refractivity contribution < 1.29 is 5.11 Å². The minimum absolute atomic E-state index is 0.190. The van der Waals surface area contributed by atoms with E-state index in [-0.39, 0.29) is 5.92 Å². The fourth-order valence-electron chi connectivity index (χ4n) is 2.25. The molecule has 5 heteroatoms. The molecular weight excluding hydrogens is 268 g/mol. The standard InChI is InChI=1S/C13H13ClN2OS/c14-9-1-2-10-11(6-9)18-7-8(13(10)17)5-12-15-3-4-16-12/h1-4,6,8,13,17H,5,7H2,(H,15,16). The van der Waals surface area contributed by atoms with Crippen molar-refractivity contribution in [2.75, 3.05) is 5.75 Å². The molecule has 0 fully saturated rings. The Kier molecular flexibility index (Phi) is 3.33. The van der Waals surface area contributed by atoms with Gasteiger partial charge in [-0.3, -0.25) is 0 Å². The van der Waals surface area contributed by atoms with E-state index in [0.717, 1.165) is 33.5 Å². The topological polar surface area (TPSA) is 48.9 Å². The molecule has 0 radical (unpaired) electrons. The third-order valence-electron chi connectivity index (χ3n) is 3.20. The summed E-state index contributed by atoms with van der Waals surface area (Å²) in [5.74, 6) is 2.00. The SMILES string of the molecule is OC1c2ccc(Cl)cc2SCC1Cc1ncc[nH]1. The molecule has 18 heavy (non-hydrogen) atoms. The van der Waals surface area contributed by atoms with Crippen LogP contribution in [0.25, 0.3) is 0 Å². The highest BCUT2D eigenvalue weighted by Gasteiger charge is 2.29. The number of nitrogens with one attached hydrogen (secondary N) is 1. The molecule has 0 saturated carbocycles. The molecule has 94 valence electrons. The Balaban J connectivity index is 1.83. The van der Waals surface area contributed by atoms with Crippen molar-refractivity contribution >= 4 is 23.4 Å². The third-order valence-corrected chi connectivity index (χ3v) is 4.70. The van der Waals surface area contributed by atoms with Crippen LogP contribution in [0.5, 0.6) is 0 Å². The van der Waals surface area contributed by atoms with Crippen LogP contribution in [0.4, 0.5) is 0 Å². The number of H-pyrrole nitrogens is 1. The maximum atomic E-state index is 10.4. The molecule has 3 nitrogen and oxygen atoms in total. The Labute approximate surface area is 115 Å². The molecule has 2 unspecified atom stereocenters. The van der Waals surface area contributed by atoms with Crippen molar-refractivity contribution in [3.63, 3.8) is 0 Å². The lowest BCUT2D eigenvalue weighted by atomic mass is 9.93. The van der Waals surface area contributed by atoms with Gasteiger partial charge in [-0.25, -0.2) is 4.98 Å². The van der Waals surface area contributed by atoms with Crippen LogP contribution in [0.1, 0.15) is 17.5 Å². The van der Waals surface area contributed by atoms with Crippen LogP contribution in [-0.4, -0.2) is 20.8 Å². The number of hydrogen-bond donors (Lipinski definition) is 2. The molecule has 0 amide bonds. The maximum absolute atomic E-state index is 10.4. The summed E-state index contributed by atoms with van der Waals surface area (Å²) in [4.78, 5) is 8.39. The molecule has 2 heterocycles. The van der Waals surface area contributed by atoms with Crippen molar-refractivity contribution in [2.45, 2.75) is 17.4 Å². The second kappa shape index (κ2) is 4.96. The molecule has 0 saturated heterocycles. The number of rotatable bonds is 2. The first-order chi connectivity index (χ1) is 8.74. The lowest BCUT2D eigenvalue weighted by molar-refractivity contribution is 0.114. The van der Waals surface area contributed by atoms with E-state index < -0.39 is 6.10 Å². The highest BCUT2D eigenvalue weighted by molar-refractivity contribution is 7.99. The lowest BCUT2D eigenvalue weighted by Gasteiger charge is -2.29. The van der Waals surface area contributed by atoms with Crippen LogP contribution in [-0.2, 0) is 6.42 Å². The van der Waals surface area contributed by atoms with E-state index in [2.05, 4.69) is 9.97 Å². The fourth-order valence-corrected chi connectivity index (χ4v) is 3.74. The van der Waals surface area contributed by atoms with Crippen molar-refractivity contribution in [1.29, 1.82) is 0 Å². The quantitative estimate of drug-likeness (QED) is 0.889. The average Bonchev–Trinajstić information content (AvgIpc) is 2.85. The van der Waals surface area contributed by atoms with Gasteiger partial charge in [-0.2, -0.15) is 0 Å². The monoisotopic (exact) mass is 280 g/mol. The summed E-state index contributed by atoms with van der Waals surface area (Å²) in [5.41, 5.74) is 0.979. The predicted molar refractivity (Wildman–Crippen MR) is 72.9 cm³/mol. The van der Waals surface area contributed by atoms with E-state index in [0.29, 0.717) is 0 Å². The zero-order chi connectivity index (χ0) is 12.5. The molecule has 1 aliphatic heterocycles. The van der Waals surface area contributed by atoms with Gasteiger partial charge in [0.1, 0.15) is 5.82 Å². The van der Waals surface area contributed by atoms with Crippen LogP contribution in [0.2, 0.25) is 5.02 Å². The first kappa shape index (κ1) is 12.1. The number of halogens is 1. The second-order valence-corrected chi connectivity index (χ2v) is 5.94. The Morgan fingerprint density at radius 3 is 3.17 bits per heavy atom. The number of aliphatic hydroxyl groups excluding tert-OH is 1. The van der Waals surface area contributed by atoms with Gasteiger partial charge in [0, 0.05) is 40.4 Å². The van der Waals surface area contributed by atoms with E-state index in [4.69, 9.17) is 11.6 Å². The first-order valence-electron chi connectivity index (χ1n) is 5.82. The third kappa shape index (κ3) is 2.28. The lowest BCUT2D eigenvalue weighted by Crippen LogP contribution is -2.22. The van der Waals surface area contributed by atoms with Gasteiger partial charge < -0.3 is 10.1 Å². The number of aromatic amines is 1. The van der Waals surface area contributed by atoms with Crippen molar-refractivity contribution in [3.05, 3.63) is 47.0 Å². The number of imidazole rings is 1. The molecule has 2 atom stereocenters. The minimum Gasteiger partial charge on any atom is -0.388 e. The highest BCUT2D eigenvalue weighted by Crippen LogP contribution is 2.41. The predicted octanol–water partition coefficient (Wildman–Crippen LogP) is 3.06. The highest BCUT2D eigenvalue weighted by atomic mass is 35.5. The van der Waals surface area contributed by atoms with Gasteiger partial charge in [-0.1, -0.05) is 17.7 Å². The number of hydrogen-bond acceptors (Lipinski definition) is 3. The molecule has 2 aromatic rings. The van der Waals surface area contributed by atoms with Crippen LogP contribution >= 0.6 is 23.4 Å². The van der Waals surface area contributed by atoms with Crippen LogP contribution in [0.15, 0.2) is 35.5 Å². The number of thioether (sulfide) groups is 1. The van der Waals surface area contributed by atoms with Gasteiger partial charge in [-0.15, -0.1) is 11.8 Å². The van der Waals surface area contributed by atoms with Crippen LogP contribution < -0.4 is 0 Å². The minimum atomic E-state index is -0.441. The summed E-state index contributed by atoms with van der Waals surface area (Å²) >= 11 is 7.72. The largest absolute Gasteiger partial charge is 0.388 e. The molecule has 1 aromatic carbocycles. The molecule has 1 aromatic heterocycles.